The molecule has 124 valence electrons. The van der Waals surface area contributed by atoms with E-state index in [1.54, 1.807) is 6.07 Å². The van der Waals surface area contributed by atoms with Crippen LogP contribution in [0.15, 0.2) is 18.2 Å². The SMILES string of the molecule is CCC(C)[C@@H](c1ccc(F)c(C#N)c1)N1CCNCC1.Cl.Cl. The van der Waals surface area contributed by atoms with Crippen LogP contribution in [0, 0.1) is 23.1 Å². The standard InChI is InChI=1S/C16H22FN3.2ClH/c1-3-12(2)16(20-8-6-19-7-9-20)13-4-5-15(17)14(10-13)11-18;;/h4-5,10,12,16,19H,3,6-9H2,1-2H3;2*1H/t12?,16-;;/m0../s1. The van der Waals surface area contributed by atoms with E-state index in [1.165, 1.54) is 6.07 Å². The highest BCUT2D eigenvalue weighted by Crippen LogP contribution is 2.31. The fourth-order valence-electron chi connectivity index (χ4n) is 2.90. The van der Waals surface area contributed by atoms with Crippen LogP contribution in [0.3, 0.4) is 0 Å². The van der Waals surface area contributed by atoms with Gasteiger partial charge in [-0.05, 0) is 23.6 Å². The maximum atomic E-state index is 13.5. The second-order valence-corrected chi connectivity index (χ2v) is 5.47. The summed E-state index contributed by atoms with van der Waals surface area (Å²) >= 11 is 0. The Kier molecular flexibility index (Phi) is 9.63. The van der Waals surface area contributed by atoms with Gasteiger partial charge in [-0.2, -0.15) is 5.26 Å². The number of benzene rings is 1. The lowest BCUT2D eigenvalue weighted by Crippen LogP contribution is -2.46. The fourth-order valence-corrected chi connectivity index (χ4v) is 2.90. The molecule has 22 heavy (non-hydrogen) atoms. The van der Waals surface area contributed by atoms with Gasteiger partial charge in [-0.15, -0.1) is 24.8 Å². The Morgan fingerprint density at radius 2 is 1.95 bits per heavy atom. The lowest BCUT2D eigenvalue weighted by Gasteiger charge is -2.38. The van der Waals surface area contributed by atoms with Crippen molar-refractivity contribution in [2.75, 3.05) is 26.2 Å². The van der Waals surface area contributed by atoms with Gasteiger partial charge in [-0.1, -0.05) is 26.3 Å². The summed E-state index contributed by atoms with van der Waals surface area (Å²) < 4.78 is 13.5. The van der Waals surface area contributed by atoms with Gasteiger partial charge in [0.25, 0.3) is 0 Å². The smallest absolute Gasteiger partial charge is 0.140 e. The largest absolute Gasteiger partial charge is 0.314 e. The molecule has 0 spiro atoms. The summed E-state index contributed by atoms with van der Waals surface area (Å²) in [4.78, 5) is 2.44. The molecule has 1 unspecified atom stereocenters. The van der Waals surface area contributed by atoms with Gasteiger partial charge in [0.1, 0.15) is 11.9 Å². The third-order valence-corrected chi connectivity index (χ3v) is 4.18. The van der Waals surface area contributed by atoms with Crippen LogP contribution in [0.4, 0.5) is 4.39 Å². The molecule has 0 aromatic heterocycles. The molecule has 0 amide bonds. The monoisotopic (exact) mass is 347 g/mol. The lowest BCUT2D eigenvalue weighted by molar-refractivity contribution is 0.128. The molecule has 6 heteroatoms. The van der Waals surface area contributed by atoms with Gasteiger partial charge in [-0.3, -0.25) is 4.90 Å². The number of hydrogen-bond donors (Lipinski definition) is 1. The first-order valence-electron chi connectivity index (χ1n) is 7.31. The van der Waals surface area contributed by atoms with Crippen molar-refractivity contribution in [1.82, 2.24) is 10.2 Å². The minimum Gasteiger partial charge on any atom is -0.314 e. The first-order valence-corrected chi connectivity index (χ1v) is 7.31. The maximum absolute atomic E-state index is 13.5. The van der Waals surface area contributed by atoms with Crippen LogP contribution < -0.4 is 5.32 Å². The zero-order valence-electron chi connectivity index (χ0n) is 13.0. The van der Waals surface area contributed by atoms with Crippen molar-refractivity contribution in [2.24, 2.45) is 5.92 Å². The summed E-state index contributed by atoms with van der Waals surface area (Å²) in [5.41, 5.74) is 1.20. The van der Waals surface area contributed by atoms with Crippen molar-refractivity contribution in [3.63, 3.8) is 0 Å². The number of hydrogen-bond acceptors (Lipinski definition) is 3. The van der Waals surface area contributed by atoms with E-state index in [0.717, 1.165) is 38.2 Å². The molecule has 3 nitrogen and oxygen atoms in total. The summed E-state index contributed by atoms with van der Waals surface area (Å²) in [6.45, 7) is 8.36. The van der Waals surface area contributed by atoms with Crippen LogP contribution in [0.2, 0.25) is 0 Å². The number of nitrogens with zero attached hydrogens (tertiary/aromatic N) is 2. The normalized spacial score (nSPS) is 17.5. The van der Waals surface area contributed by atoms with Gasteiger partial charge in [0, 0.05) is 32.2 Å². The molecular weight excluding hydrogens is 324 g/mol. The van der Waals surface area contributed by atoms with Gasteiger partial charge in [0.2, 0.25) is 0 Å². The summed E-state index contributed by atoms with van der Waals surface area (Å²) in [6, 6.07) is 7.17. The van der Waals surface area contributed by atoms with Crippen LogP contribution in [0.25, 0.3) is 0 Å². The molecule has 2 rings (SSSR count). The van der Waals surface area contributed by atoms with Gasteiger partial charge in [0.05, 0.1) is 5.56 Å². The highest BCUT2D eigenvalue weighted by molar-refractivity contribution is 5.85. The van der Waals surface area contributed by atoms with E-state index in [4.69, 9.17) is 5.26 Å². The first-order chi connectivity index (χ1) is 9.67. The molecule has 0 radical (unpaired) electrons. The third-order valence-electron chi connectivity index (χ3n) is 4.18. The fraction of sp³-hybridized carbons (Fsp3) is 0.562. The van der Waals surface area contributed by atoms with Crippen LogP contribution in [-0.2, 0) is 0 Å². The molecule has 1 aromatic rings. The quantitative estimate of drug-likeness (QED) is 0.905. The van der Waals surface area contributed by atoms with Crippen molar-refractivity contribution >= 4 is 24.8 Å². The van der Waals surface area contributed by atoms with Gasteiger partial charge < -0.3 is 5.32 Å². The predicted octanol–water partition coefficient (Wildman–Crippen LogP) is 3.53. The van der Waals surface area contributed by atoms with Crippen molar-refractivity contribution in [2.45, 2.75) is 26.3 Å². The maximum Gasteiger partial charge on any atom is 0.140 e. The lowest BCUT2D eigenvalue weighted by atomic mass is 9.89. The van der Waals surface area contributed by atoms with Gasteiger partial charge in [-0.25, -0.2) is 4.39 Å². The molecule has 1 fully saturated rings. The average molecular weight is 348 g/mol. The summed E-state index contributed by atoms with van der Waals surface area (Å²) in [7, 11) is 0. The topological polar surface area (TPSA) is 39.1 Å². The molecule has 0 saturated carbocycles. The Morgan fingerprint density at radius 3 is 2.50 bits per heavy atom. The van der Waals surface area contributed by atoms with Crippen LogP contribution in [-0.4, -0.2) is 31.1 Å². The number of nitrogens with one attached hydrogen (secondary N) is 1. The molecule has 0 aliphatic carbocycles. The van der Waals surface area contributed by atoms with E-state index in [9.17, 15) is 4.39 Å². The Balaban J connectivity index is 0.00000220. The van der Waals surface area contributed by atoms with E-state index in [2.05, 4.69) is 24.1 Å². The van der Waals surface area contributed by atoms with Crippen LogP contribution in [0.5, 0.6) is 0 Å². The highest BCUT2D eigenvalue weighted by atomic mass is 35.5. The second kappa shape index (κ2) is 10.0. The number of halogens is 3. The third kappa shape index (κ3) is 4.82. The minimum absolute atomic E-state index is 0. The van der Waals surface area contributed by atoms with E-state index in [1.807, 2.05) is 12.1 Å². The van der Waals surface area contributed by atoms with Gasteiger partial charge in [0.15, 0.2) is 0 Å². The Hall–Kier alpha value is -0.860. The average Bonchev–Trinajstić information content (AvgIpc) is 2.50. The number of rotatable bonds is 4. The molecule has 1 aliphatic rings. The molecular formula is C16H24Cl2FN3. The molecule has 0 bridgehead atoms. The van der Waals surface area contributed by atoms with E-state index in [0.29, 0.717) is 5.92 Å². The Labute approximate surface area is 144 Å². The summed E-state index contributed by atoms with van der Waals surface area (Å²) in [5.74, 6) is 0.0459. The molecule has 1 N–H and O–H groups in total. The predicted molar refractivity (Wildman–Crippen MR) is 92.2 cm³/mol. The highest BCUT2D eigenvalue weighted by Gasteiger charge is 2.26. The van der Waals surface area contributed by atoms with E-state index >= 15 is 0 Å². The Bertz CT molecular complexity index is 499. The molecule has 1 heterocycles. The van der Waals surface area contributed by atoms with Gasteiger partial charge >= 0.3 is 0 Å². The van der Waals surface area contributed by atoms with E-state index in [-0.39, 0.29) is 36.4 Å². The molecule has 2 atom stereocenters. The molecule has 1 aromatic carbocycles. The van der Waals surface area contributed by atoms with E-state index < -0.39 is 5.82 Å². The first kappa shape index (κ1) is 21.1. The summed E-state index contributed by atoms with van der Waals surface area (Å²) in [6.07, 6.45) is 1.06. The van der Waals surface area contributed by atoms with Crippen molar-refractivity contribution in [3.8, 4) is 6.07 Å². The number of nitriles is 1. The molecule has 1 aliphatic heterocycles. The van der Waals surface area contributed by atoms with Crippen LogP contribution >= 0.6 is 24.8 Å². The Morgan fingerprint density at radius 1 is 1.32 bits per heavy atom. The summed E-state index contributed by atoms with van der Waals surface area (Å²) in [5, 5.41) is 12.4. The zero-order valence-corrected chi connectivity index (χ0v) is 14.6. The van der Waals surface area contributed by atoms with Crippen molar-refractivity contribution in [1.29, 1.82) is 5.26 Å². The second-order valence-electron chi connectivity index (χ2n) is 5.47. The number of piperazine rings is 1. The van der Waals surface area contributed by atoms with Crippen LogP contribution in [0.1, 0.15) is 37.4 Å². The zero-order chi connectivity index (χ0) is 14.5. The van der Waals surface area contributed by atoms with Crippen molar-refractivity contribution in [3.05, 3.63) is 35.1 Å². The molecule has 1 saturated heterocycles. The minimum atomic E-state index is -0.431. The van der Waals surface area contributed by atoms with Crippen molar-refractivity contribution < 1.29 is 4.39 Å².